The molecule has 2 aromatic carbocycles. The number of amides is 1. The van der Waals surface area contributed by atoms with Crippen LogP contribution in [-0.2, 0) is 5.54 Å². The number of hydrogen-bond acceptors (Lipinski definition) is 8. The van der Waals surface area contributed by atoms with E-state index < -0.39 is 32.6 Å². The second-order valence-corrected chi connectivity index (χ2v) is 12.8. The lowest BCUT2D eigenvalue weighted by Gasteiger charge is -2.54. The number of amidine groups is 1. The Hall–Kier alpha value is -3.51. The van der Waals surface area contributed by atoms with E-state index in [0.29, 0.717) is 33.2 Å². The summed E-state index contributed by atoms with van der Waals surface area (Å²) in [7, 11) is -3.39. The van der Waals surface area contributed by atoms with Gasteiger partial charge in [-0.15, -0.1) is 0 Å². The molecule has 3 heterocycles. The first-order valence-corrected chi connectivity index (χ1v) is 13.7. The van der Waals surface area contributed by atoms with Crippen molar-refractivity contribution >= 4 is 56.5 Å². The van der Waals surface area contributed by atoms with E-state index in [2.05, 4.69) is 20.8 Å². The van der Waals surface area contributed by atoms with Crippen LogP contribution in [0.5, 0.6) is 0 Å². The fourth-order valence-corrected chi connectivity index (χ4v) is 6.19. The zero-order chi connectivity index (χ0) is 27.3. The molecular formula is C26H25ClFN5O4S. The smallest absolute Gasteiger partial charge is 0.256 e. The first kappa shape index (κ1) is 26.1. The molecule has 0 aliphatic carbocycles. The number of rotatable bonds is 4. The zero-order valence-corrected chi connectivity index (χ0v) is 22.3. The molecule has 198 valence electrons. The van der Waals surface area contributed by atoms with Gasteiger partial charge in [0.05, 0.1) is 10.8 Å². The van der Waals surface area contributed by atoms with Crippen molar-refractivity contribution in [1.29, 1.82) is 0 Å². The predicted octanol–water partition coefficient (Wildman–Crippen LogP) is 6.35. The molecular weight excluding hydrogens is 533 g/mol. The number of halogens is 2. The molecule has 0 fully saturated rings. The highest BCUT2D eigenvalue weighted by atomic mass is 35.5. The van der Waals surface area contributed by atoms with E-state index in [1.54, 1.807) is 57.2 Å². The van der Waals surface area contributed by atoms with Crippen molar-refractivity contribution in [2.24, 2.45) is 4.99 Å². The molecule has 5 rings (SSSR count). The van der Waals surface area contributed by atoms with E-state index in [4.69, 9.17) is 21.1 Å². The summed E-state index contributed by atoms with van der Waals surface area (Å²) in [6, 6.07) is 14.3. The summed E-state index contributed by atoms with van der Waals surface area (Å²) >= 11 is 5.96. The average molecular weight is 558 g/mol. The maximum Gasteiger partial charge on any atom is 0.256 e. The van der Waals surface area contributed by atoms with Crippen molar-refractivity contribution in [2.75, 3.05) is 11.1 Å². The van der Waals surface area contributed by atoms with Crippen LogP contribution in [0, 0.1) is 5.82 Å². The van der Waals surface area contributed by atoms with Gasteiger partial charge in [0.15, 0.2) is 11.1 Å². The molecule has 38 heavy (non-hydrogen) atoms. The van der Waals surface area contributed by atoms with Crippen LogP contribution in [0.25, 0.3) is 11.1 Å². The van der Waals surface area contributed by atoms with Gasteiger partial charge in [0.2, 0.25) is 5.82 Å². The van der Waals surface area contributed by atoms with Crippen molar-refractivity contribution < 1.29 is 22.8 Å². The summed E-state index contributed by atoms with van der Waals surface area (Å²) in [5.74, 6) is -0.946. The molecule has 1 unspecified atom stereocenters. The summed E-state index contributed by atoms with van der Waals surface area (Å²) in [6.07, 6.45) is 1.46. The Morgan fingerprint density at radius 2 is 1.87 bits per heavy atom. The number of fused-ring (bicyclic) bond motifs is 1. The third-order valence-corrected chi connectivity index (χ3v) is 9.58. The third kappa shape index (κ3) is 4.62. The van der Waals surface area contributed by atoms with Gasteiger partial charge < -0.3 is 15.2 Å². The van der Waals surface area contributed by atoms with Crippen molar-refractivity contribution in [3.05, 3.63) is 82.8 Å². The Labute approximate surface area is 224 Å². The Morgan fingerprint density at radius 3 is 2.61 bits per heavy atom. The lowest BCUT2D eigenvalue weighted by Crippen LogP contribution is -2.55. The van der Waals surface area contributed by atoms with Crippen LogP contribution in [0.3, 0.4) is 0 Å². The zero-order valence-electron chi connectivity index (χ0n) is 20.7. The molecule has 0 radical (unpaired) electrons. The third-order valence-electron chi connectivity index (χ3n) is 6.58. The van der Waals surface area contributed by atoms with Crippen molar-refractivity contribution in [3.63, 3.8) is 0 Å². The molecule has 4 N–H and O–H groups in total. The maximum atomic E-state index is 15.3. The van der Waals surface area contributed by atoms with Gasteiger partial charge in [-0.1, -0.05) is 35.0 Å². The molecule has 2 aromatic heterocycles. The number of aliphatic imine (C=N–C) groups is 1. The van der Waals surface area contributed by atoms with Gasteiger partial charge in [0.25, 0.3) is 5.91 Å². The number of nitrogens with zero attached hydrogens (tertiary/aromatic N) is 3. The van der Waals surface area contributed by atoms with Gasteiger partial charge in [-0.3, -0.25) is 18.9 Å². The number of aromatic nitrogens is 2. The SMILES string of the molecule is CC1(c2cc(Nc3noc4cc(Cl)cnc34)ccc2F)CS(O)(O)C(C)(C)C(NC(=O)c2ccccc2)=N1. The highest BCUT2D eigenvalue weighted by Gasteiger charge is 2.50. The van der Waals surface area contributed by atoms with Crippen molar-refractivity contribution in [2.45, 2.75) is 31.1 Å². The summed E-state index contributed by atoms with van der Waals surface area (Å²) in [4.78, 5) is 21.9. The molecule has 9 nitrogen and oxygen atoms in total. The van der Waals surface area contributed by atoms with Gasteiger partial charge in [-0.05, 0) is 51.1 Å². The van der Waals surface area contributed by atoms with Crippen LogP contribution in [0.2, 0.25) is 5.02 Å². The Morgan fingerprint density at radius 1 is 1.13 bits per heavy atom. The Kier molecular flexibility index (Phi) is 6.42. The van der Waals surface area contributed by atoms with E-state index in [9.17, 15) is 13.9 Å². The molecule has 0 saturated heterocycles. The number of anilines is 2. The Bertz CT molecular complexity index is 1580. The minimum Gasteiger partial charge on any atom is -0.352 e. The number of carbonyl (C=O) groups is 1. The van der Waals surface area contributed by atoms with Crippen LogP contribution < -0.4 is 10.6 Å². The summed E-state index contributed by atoms with van der Waals surface area (Å²) in [6.45, 7) is 4.78. The predicted molar refractivity (Wildman–Crippen MR) is 147 cm³/mol. The van der Waals surface area contributed by atoms with E-state index in [0.717, 1.165) is 0 Å². The number of hydrogen-bond donors (Lipinski definition) is 4. The van der Waals surface area contributed by atoms with Crippen molar-refractivity contribution in [3.8, 4) is 0 Å². The minimum absolute atomic E-state index is 0.0569. The summed E-state index contributed by atoms with van der Waals surface area (Å²) < 4.78 is 41.6. The number of benzene rings is 2. The van der Waals surface area contributed by atoms with Gasteiger partial charge in [0.1, 0.15) is 21.9 Å². The molecule has 1 atom stereocenters. The topological polar surface area (TPSA) is 133 Å². The molecule has 12 heteroatoms. The molecule has 1 aliphatic rings. The highest BCUT2D eigenvalue weighted by Crippen LogP contribution is 2.59. The van der Waals surface area contributed by atoms with E-state index in [-0.39, 0.29) is 17.2 Å². The van der Waals surface area contributed by atoms with Crippen molar-refractivity contribution in [1.82, 2.24) is 15.5 Å². The van der Waals surface area contributed by atoms with Gasteiger partial charge in [-0.2, -0.15) is 10.6 Å². The van der Waals surface area contributed by atoms with Crippen LogP contribution in [0.4, 0.5) is 15.9 Å². The molecule has 1 amide bonds. The quantitative estimate of drug-likeness (QED) is 0.230. The highest BCUT2D eigenvalue weighted by molar-refractivity contribution is 8.26. The average Bonchev–Trinajstić information content (AvgIpc) is 3.25. The number of pyridine rings is 1. The monoisotopic (exact) mass is 557 g/mol. The van der Waals surface area contributed by atoms with E-state index >= 15 is 4.39 Å². The molecule has 0 spiro atoms. The fourth-order valence-electron chi connectivity index (χ4n) is 4.27. The first-order chi connectivity index (χ1) is 17.9. The molecule has 0 bridgehead atoms. The molecule has 1 aliphatic heterocycles. The fraction of sp³-hybridized carbons (Fsp3) is 0.231. The van der Waals surface area contributed by atoms with E-state index in [1.165, 1.54) is 24.4 Å². The summed E-state index contributed by atoms with van der Waals surface area (Å²) in [5.41, 5.74) is 0.328. The molecule has 0 saturated carbocycles. The lowest BCUT2D eigenvalue weighted by molar-refractivity contribution is 0.0975. The van der Waals surface area contributed by atoms with Gasteiger partial charge in [0, 0.05) is 29.1 Å². The number of nitrogens with one attached hydrogen (secondary N) is 2. The largest absolute Gasteiger partial charge is 0.352 e. The van der Waals surface area contributed by atoms with Crippen LogP contribution in [-0.4, -0.2) is 41.5 Å². The van der Waals surface area contributed by atoms with Crippen LogP contribution >= 0.6 is 22.2 Å². The van der Waals surface area contributed by atoms with Gasteiger partial charge in [-0.25, -0.2) is 9.37 Å². The van der Waals surface area contributed by atoms with Crippen LogP contribution in [0.15, 0.2) is 70.3 Å². The normalized spacial score (nSPS) is 21.0. The standard InChI is InChI=1S/C26H25ClFN5O4S/c1-25(2)24(31-23(34)15-7-5-4-6-8-15)32-26(3,14-38(25,35)36)18-12-17(9-10-19(18)28)30-22-21-20(37-33-22)11-16(27)13-29-21/h4-13,35-36H,14H2,1-3H3,(H,30,33)(H,31,32,34). The minimum atomic E-state index is -3.39. The lowest BCUT2D eigenvalue weighted by atomic mass is 9.92. The summed E-state index contributed by atoms with van der Waals surface area (Å²) in [5, 5.41) is 10.2. The number of carbonyl (C=O) groups excluding carboxylic acids is 1. The second kappa shape index (κ2) is 9.35. The van der Waals surface area contributed by atoms with Crippen LogP contribution in [0.1, 0.15) is 36.7 Å². The van der Waals surface area contributed by atoms with E-state index in [1.807, 2.05) is 0 Å². The maximum absolute atomic E-state index is 15.3. The first-order valence-electron chi connectivity index (χ1n) is 11.6. The Balaban J connectivity index is 1.53. The molecule has 4 aromatic rings. The second-order valence-electron chi connectivity index (χ2n) is 9.73. The van der Waals surface area contributed by atoms with Gasteiger partial charge >= 0.3 is 0 Å².